The first-order chi connectivity index (χ1) is 10.6. The van der Waals surface area contributed by atoms with Crippen LogP contribution in [0, 0.1) is 0 Å². The Kier molecular flexibility index (Phi) is 5.66. The first kappa shape index (κ1) is 16.2. The van der Waals surface area contributed by atoms with Crippen molar-refractivity contribution in [3.8, 4) is 0 Å². The number of carbonyl (C=O) groups is 2. The number of aryl methyl sites for hydroxylation is 1. The highest BCUT2D eigenvalue weighted by Gasteiger charge is 2.11. The minimum absolute atomic E-state index is 0.0203. The van der Waals surface area contributed by atoms with Crippen LogP contribution in [-0.4, -0.2) is 22.0 Å². The maximum atomic E-state index is 11.9. The number of unbranched alkanes of at least 4 members (excludes halogenated alkanes) is 1. The summed E-state index contributed by atoms with van der Waals surface area (Å²) in [4.78, 5) is 26.6. The van der Waals surface area contributed by atoms with Crippen molar-refractivity contribution in [3.05, 3.63) is 45.9 Å². The van der Waals surface area contributed by atoms with Crippen LogP contribution in [0.3, 0.4) is 0 Å². The molecule has 1 amide bonds. The monoisotopic (exact) mass is 318 g/mol. The normalized spacial score (nSPS) is 10.4. The smallest absolute Gasteiger partial charge is 0.355 e. The van der Waals surface area contributed by atoms with Crippen molar-refractivity contribution < 1.29 is 14.7 Å². The maximum absolute atomic E-state index is 11.9. The molecule has 116 valence electrons. The fraction of sp³-hybridized carbons (Fsp3) is 0.312. The number of hydrogen-bond donors (Lipinski definition) is 2. The molecule has 6 heteroatoms. The molecule has 1 heterocycles. The molecule has 0 bridgehead atoms. The molecule has 0 aliphatic rings. The first-order valence-electron chi connectivity index (χ1n) is 7.15. The Balaban J connectivity index is 1.89. The molecule has 22 heavy (non-hydrogen) atoms. The van der Waals surface area contributed by atoms with Gasteiger partial charge in [0, 0.05) is 11.1 Å². The van der Waals surface area contributed by atoms with E-state index in [2.05, 4.69) is 17.2 Å². The van der Waals surface area contributed by atoms with E-state index in [1.54, 1.807) is 0 Å². The zero-order valence-electron chi connectivity index (χ0n) is 12.3. The molecule has 1 aromatic heterocycles. The van der Waals surface area contributed by atoms with Crippen LogP contribution < -0.4 is 5.32 Å². The lowest BCUT2D eigenvalue weighted by Crippen LogP contribution is -2.14. The van der Waals surface area contributed by atoms with Gasteiger partial charge in [-0.2, -0.15) is 0 Å². The lowest BCUT2D eigenvalue weighted by Gasteiger charge is -2.05. The molecule has 0 saturated heterocycles. The van der Waals surface area contributed by atoms with Gasteiger partial charge in [0.25, 0.3) is 0 Å². The maximum Gasteiger partial charge on any atom is 0.355 e. The van der Waals surface area contributed by atoms with Crippen LogP contribution >= 0.6 is 11.3 Å². The molecular weight excluding hydrogens is 300 g/mol. The number of anilines is 1. The number of carboxylic acids is 1. The average Bonchev–Trinajstić information content (AvgIpc) is 2.95. The number of amides is 1. The Hall–Kier alpha value is -2.21. The van der Waals surface area contributed by atoms with Crippen LogP contribution in [0.2, 0.25) is 0 Å². The highest BCUT2D eigenvalue weighted by atomic mass is 32.1. The molecule has 0 aliphatic carbocycles. The third-order valence-electron chi connectivity index (χ3n) is 3.14. The summed E-state index contributed by atoms with van der Waals surface area (Å²) >= 11 is 1.18. The van der Waals surface area contributed by atoms with Gasteiger partial charge in [0.2, 0.25) is 5.91 Å². The summed E-state index contributed by atoms with van der Waals surface area (Å²) in [6.07, 6.45) is 3.43. The second kappa shape index (κ2) is 7.70. The summed E-state index contributed by atoms with van der Waals surface area (Å²) in [6, 6.07) is 7.79. The summed E-state index contributed by atoms with van der Waals surface area (Å²) in [5, 5.41) is 13.5. The van der Waals surface area contributed by atoms with Crippen molar-refractivity contribution in [2.24, 2.45) is 0 Å². The average molecular weight is 318 g/mol. The van der Waals surface area contributed by atoms with Gasteiger partial charge in [-0.1, -0.05) is 25.5 Å². The molecule has 0 saturated carbocycles. The molecule has 0 unspecified atom stereocenters. The summed E-state index contributed by atoms with van der Waals surface area (Å²) in [5.41, 5.74) is 1.97. The Labute approximate surface area is 133 Å². The van der Waals surface area contributed by atoms with E-state index in [1.165, 1.54) is 22.3 Å². The number of aromatic nitrogens is 1. The van der Waals surface area contributed by atoms with Crippen LogP contribution in [0.4, 0.5) is 5.69 Å². The van der Waals surface area contributed by atoms with Crippen LogP contribution in [-0.2, 0) is 17.6 Å². The number of benzene rings is 1. The summed E-state index contributed by atoms with van der Waals surface area (Å²) < 4.78 is 0. The van der Waals surface area contributed by atoms with E-state index in [0.29, 0.717) is 5.01 Å². The zero-order valence-corrected chi connectivity index (χ0v) is 13.2. The molecule has 0 aliphatic heterocycles. The highest BCUT2D eigenvalue weighted by molar-refractivity contribution is 7.09. The number of hydrogen-bond acceptors (Lipinski definition) is 4. The van der Waals surface area contributed by atoms with Crippen molar-refractivity contribution in [1.29, 1.82) is 0 Å². The van der Waals surface area contributed by atoms with E-state index in [1.807, 2.05) is 24.3 Å². The molecule has 5 nitrogen and oxygen atoms in total. The van der Waals surface area contributed by atoms with Gasteiger partial charge < -0.3 is 10.4 Å². The fourth-order valence-corrected chi connectivity index (χ4v) is 2.74. The van der Waals surface area contributed by atoms with Crippen molar-refractivity contribution in [3.63, 3.8) is 0 Å². The quantitative estimate of drug-likeness (QED) is 0.820. The van der Waals surface area contributed by atoms with Gasteiger partial charge >= 0.3 is 5.97 Å². The van der Waals surface area contributed by atoms with Crippen molar-refractivity contribution in [2.45, 2.75) is 32.6 Å². The molecule has 0 atom stereocenters. The van der Waals surface area contributed by atoms with Crippen LogP contribution in [0.5, 0.6) is 0 Å². The Morgan fingerprint density at radius 2 is 2.00 bits per heavy atom. The predicted molar refractivity (Wildman–Crippen MR) is 86.5 cm³/mol. The molecule has 0 radical (unpaired) electrons. The third-order valence-corrected chi connectivity index (χ3v) is 3.99. The minimum atomic E-state index is -1.08. The third kappa shape index (κ3) is 4.66. The number of rotatable bonds is 7. The molecule has 0 spiro atoms. The van der Waals surface area contributed by atoms with Gasteiger partial charge in [0.1, 0.15) is 5.01 Å². The van der Waals surface area contributed by atoms with E-state index in [9.17, 15) is 9.59 Å². The van der Waals surface area contributed by atoms with Gasteiger partial charge in [-0.05, 0) is 30.5 Å². The number of thiazole rings is 1. The SMILES string of the molecule is CCCCc1ccc(NC(=O)Cc2nc(C(=O)O)cs2)cc1. The number of carboxylic acid groups (broad SMARTS) is 1. The Bertz CT molecular complexity index is 650. The van der Waals surface area contributed by atoms with Gasteiger partial charge in [-0.25, -0.2) is 9.78 Å². The number of carbonyl (C=O) groups excluding carboxylic acids is 1. The standard InChI is InChI=1S/C16H18N2O3S/c1-2-3-4-11-5-7-12(8-6-11)17-14(19)9-15-18-13(10-22-15)16(20)21/h5-8,10H,2-4,9H2,1H3,(H,17,19)(H,20,21). The first-order valence-corrected chi connectivity index (χ1v) is 8.03. The zero-order chi connectivity index (χ0) is 15.9. The lowest BCUT2D eigenvalue weighted by atomic mass is 10.1. The van der Waals surface area contributed by atoms with Crippen molar-refractivity contribution in [1.82, 2.24) is 4.98 Å². The number of nitrogens with zero attached hydrogens (tertiary/aromatic N) is 1. The van der Waals surface area contributed by atoms with E-state index in [0.717, 1.165) is 24.9 Å². The van der Waals surface area contributed by atoms with Gasteiger partial charge in [0.05, 0.1) is 6.42 Å². The van der Waals surface area contributed by atoms with E-state index in [4.69, 9.17) is 5.11 Å². The van der Waals surface area contributed by atoms with Crippen LogP contribution in [0.15, 0.2) is 29.6 Å². The second-order valence-electron chi connectivity index (χ2n) is 4.96. The molecular formula is C16H18N2O3S. The summed E-state index contributed by atoms with van der Waals surface area (Å²) in [6.45, 7) is 2.16. The van der Waals surface area contributed by atoms with E-state index < -0.39 is 5.97 Å². The topological polar surface area (TPSA) is 79.3 Å². The molecule has 2 N–H and O–H groups in total. The van der Waals surface area contributed by atoms with Crippen molar-refractivity contribution in [2.75, 3.05) is 5.32 Å². The number of aromatic carboxylic acids is 1. The van der Waals surface area contributed by atoms with Gasteiger partial charge in [-0.15, -0.1) is 11.3 Å². The molecule has 1 aromatic carbocycles. The van der Waals surface area contributed by atoms with Gasteiger partial charge in [-0.3, -0.25) is 4.79 Å². The minimum Gasteiger partial charge on any atom is -0.476 e. The highest BCUT2D eigenvalue weighted by Crippen LogP contribution is 2.14. The van der Waals surface area contributed by atoms with E-state index in [-0.39, 0.29) is 18.0 Å². The van der Waals surface area contributed by atoms with Crippen LogP contribution in [0.1, 0.15) is 40.8 Å². The molecule has 0 fully saturated rings. The summed E-state index contributed by atoms with van der Waals surface area (Å²) in [5.74, 6) is -1.28. The van der Waals surface area contributed by atoms with Crippen LogP contribution in [0.25, 0.3) is 0 Å². The lowest BCUT2D eigenvalue weighted by molar-refractivity contribution is -0.115. The Morgan fingerprint density at radius 1 is 1.27 bits per heavy atom. The van der Waals surface area contributed by atoms with E-state index >= 15 is 0 Å². The summed E-state index contributed by atoms with van der Waals surface area (Å²) in [7, 11) is 0. The second-order valence-corrected chi connectivity index (χ2v) is 5.90. The number of nitrogens with one attached hydrogen (secondary N) is 1. The van der Waals surface area contributed by atoms with Gasteiger partial charge in [0.15, 0.2) is 5.69 Å². The predicted octanol–water partition coefficient (Wildman–Crippen LogP) is 3.37. The Morgan fingerprint density at radius 3 is 2.59 bits per heavy atom. The largest absolute Gasteiger partial charge is 0.476 e. The fourth-order valence-electron chi connectivity index (χ4n) is 1.97. The molecule has 2 rings (SSSR count). The van der Waals surface area contributed by atoms with Crippen molar-refractivity contribution >= 4 is 28.9 Å². The molecule has 2 aromatic rings.